The Balaban J connectivity index is 4.10. The molecule has 72 valence electrons. The van der Waals surface area contributed by atoms with E-state index >= 15 is 0 Å². The first kappa shape index (κ1) is 15.0. The van der Waals surface area contributed by atoms with Gasteiger partial charge in [-0.2, -0.15) is 0 Å². The van der Waals surface area contributed by atoms with Gasteiger partial charge >= 0.3 is 112 Å². The van der Waals surface area contributed by atoms with Crippen LogP contribution in [0.25, 0.3) is 0 Å². The summed E-state index contributed by atoms with van der Waals surface area (Å²) in [4.78, 5) is 0. The number of thiocarbonyl (C=S) groups is 3. The van der Waals surface area contributed by atoms with E-state index in [9.17, 15) is 0 Å². The Morgan fingerprint density at radius 2 is 1.00 bits per heavy atom. The van der Waals surface area contributed by atoms with Gasteiger partial charge in [0.2, 0.25) is 0 Å². The van der Waals surface area contributed by atoms with Gasteiger partial charge < -0.3 is 0 Å². The van der Waals surface area contributed by atoms with E-state index in [-0.39, 0.29) is 0 Å². The van der Waals surface area contributed by atoms with Crippen molar-refractivity contribution >= 4 is 90.9 Å². The Morgan fingerprint density at radius 3 is 1.15 bits per heavy atom. The van der Waals surface area contributed by atoms with Crippen LogP contribution in [-0.4, -0.2) is 25.1 Å². The molecule has 0 fully saturated rings. The molecule has 0 radical (unpaired) electrons. The first-order valence-electron chi connectivity index (χ1n) is 3.43. The number of hydrogen-bond donors (Lipinski definition) is 0. The average Bonchev–Trinajstić information content (AvgIpc) is 1.80. The summed E-state index contributed by atoms with van der Waals surface area (Å²) in [6.45, 7) is 5.91. The van der Waals surface area contributed by atoms with Gasteiger partial charge in [0.1, 0.15) is 0 Å². The third-order valence-electron chi connectivity index (χ3n) is 0.787. The molecule has 0 bridgehead atoms. The van der Waals surface area contributed by atoms with Crippen LogP contribution in [0.15, 0.2) is 0 Å². The Morgan fingerprint density at radius 1 is 0.769 bits per heavy atom. The molecule has 0 nitrogen and oxygen atoms in total. The SMILES string of the molecule is CC(=S)[S][Ga]([S]C(C)=S)[S]C(C)=S. The quantitative estimate of drug-likeness (QED) is 0.552. The van der Waals surface area contributed by atoms with Crippen LogP contribution < -0.4 is 0 Å². The summed E-state index contributed by atoms with van der Waals surface area (Å²) >= 11 is 13.7. The molecule has 0 aliphatic rings. The van der Waals surface area contributed by atoms with Crippen molar-refractivity contribution in [3.05, 3.63) is 0 Å². The van der Waals surface area contributed by atoms with E-state index in [1.165, 1.54) is 0 Å². The second kappa shape index (κ2) is 8.15. The van der Waals surface area contributed by atoms with Crippen molar-refractivity contribution in [1.29, 1.82) is 0 Å². The minimum absolute atomic E-state index is 1.01. The van der Waals surface area contributed by atoms with E-state index in [1.807, 2.05) is 49.9 Å². The number of rotatable bonds is 3. The van der Waals surface area contributed by atoms with Gasteiger partial charge in [-0.25, -0.2) is 0 Å². The van der Waals surface area contributed by atoms with Crippen molar-refractivity contribution in [2.75, 3.05) is 0 Å². The van der Waals surface area contributed by atoms with Gasteiger partial charge in [0.05, 0.1) is 0 Å². The predicted octanol–water partition coefficient (Wildman–Crippen LogP) is 4.21. The van der Waals surface area contributed by atoms with Gasteiger partial charge in [0, 0.05) is 0 Å². The van der Waals surface area contributed by atoms with E-state index in [4.69, 9.17) is 36.7 Å². The molecule has 0 saturated carbocycles. The summed E-state index contributed by atoms with van der Waals surface area (Å²) in [5.41, 5.74) is 0. The van der Waals surface area contributed by atoms with Crippen LogP contribution in [0.4, 0.5) is 0 Å². The average molecular weight is 343 g/mol. The van der Waals surface area contributed by atoms with Crippen LogP contribution in [0.5, 0.6) is 0 Å². The van der Waals surface area contributed by atoms with Crippen molar-refractivity contribution in [3.8, 4) is 0 Å². The minimum atomic E-state index is -1.56. The summed E-state index contributed by atoms with van der Waals surface area (Å²) in [5.74, 6) is 0. The zero-order valence-electron chi connectivity index (χ0n) is 7.53. The summed E-state index contributed by atoms with van der Waals surface area (Å²) in [5, 5.41) is 0. The summed E-state index contributed by atoms with van der Waals surface area (Å²) < 4.78 is 3.03. The summed E-state index contributed by atoms with van der Waals surface area (Å²) in [6, 6.07) is 0. The van der Waals surface area contributed by atoms with Crippen molar-refractivity contribution < 1.29 is 0 Å². The van der Waals surface area contributed by atoms with Crippen LogP contribution in [0.2, 0.25) is 0 Å². The molecule has 13 heavy (non-hydrogen) atoms. The molecule has 0 heterocycles. The van der Waals surface area contributed by atoms with Crippen LogP contribution in [0.3, 0.4) is 0 Å². The standard InChI is InChI=1S/3C2H4S2.Ga/c3*1-2(3)4;/h3*1H3,(H,3,4);/q;;;+3/p-3. The van der Waals surface area contributed by atoms with Gasteiger partial charge in [-0.1, -0.05) is 0 Å². The van der Waals surface area contributed by atoms with Crippen LogP contribution in [0.1, 0.15) is 20.8 Å². The van der Waals surface area contributed by atoms with E-state index in [0.717, 1.165) is 12.6 Å². The molecule has 0 saturated heterocycles. The van der Waals surface area contributed by atoms with Gasteiger partial charge in [0.25, 0.3) is 0 Å². The van der Waals surface area contributed by atoms with Crippen LogP contribution >= 0.6 is 65.7 Å². The van der Waals surface area contributed by atoms with Gasteiger partial charge in [-0.15, -0.1) is 0 Å². The van der Waals surface area contributed by atoms with Crippen molar-refractivity contribution in [1.82, 2.24) is 0 Å². The van der Waals surface area contributed by atoms with Gasteiger partial charge in [0.15, 0.2) is 0 Å². The molecule has 0 rings (SSSR count). The Bertz CT molecular complexity index is 187. The van der Waals surface area contributed by atoms with Gasteiger partial charge in [-0.3, -0.25) is 0 Å². The van der Waals surface area contributed by atoms with Gasteiger partial charge in [-0.05, 0) is 0 Å². The zero-order valence-corrected chi connectivity index (χ0v) is 14.8. The fraction of sp³-hybridized carbons (Fsp3) is 0.500. The molecule has 0 aromatic carbocycles. The maximum atomic E-state index is 5.07. The summed E-state index contributed by atoms with van der Waals surface area (Å²) in [7, 11) is 5.48. The molecule has 0 aromatic rings. The second-order valence-electron chi connectivity index (χ2n) is 2.12. The molecular weight excluding hydrogens is 334 g/mol. The molecule has 0 spiro atoms. The molecule has 0 atom stereocenters. The van der Waals surface area contributed by atoms with Crippen molar-refractivity contribution in [2.45, 2.75) is 20.8 Å². The van der Waals surface area contributed by atoms with E-state index < -0.39 is 12.5 Å². The molecule has 0 aliphatic carbocycles. The Kier molecular flexibility index (Phi) is 9.37. The van der Waals surface area contributed by atoms with E-state index in [1.54, 1.807) is 0 Å². The summed E-state index contributed by atoms with van der Waals surface area (Å²) in [6.07, 6.45) is 0. The third kappa shape index (κ3) is 10.2. The molecule has 0 unspecified atom stereocenters. The first-order chi connectivity index (χ1) is 5.91. The maximum absolute atomic E-state index is 5.07. The molecular formula is C6H9GaS6. The fourth-order valence-corrected chi connectivity index (χ4v) is 33.4. The predicted molar refractivity (Wildman–Crippen MR) is 83.3 cm³/mol. The van der Waals surface area contributed by atoms with Crippen LogP contribution in [-0.2, 0) is 0 Å². The molecule has 0 aromatic heterocycles. The second-order valence-corrected chi connectivity index (χ2v) is 24.9. The monoisotopic (exact) mass is 342 g/mol. The zero-order chi connectivity index (χ0) is 10.4. The molecule has 0 aliphatic heterocycles. The first-order valence-corrected chi connectivity index (χ1v) is 16.2. The van der Waals surface area contributed by atoms with E-state index in [2.05, 4.69) is 0 Å². The Hall–Kier alpha value is 1.96. The molecule has 0 N–H and O–H groups in total. The fourth-order valence-electron chi connectivity index (χ4n) is 0.479. The topological polar surface area (TPSA) is 0 Å². The third-order valence-corrected chi connectivity index (χ3v) is 25.8. The molecule has 0 amide bonds. The molecule has 7 heteroatoms. The Labute approximate surface area is 110 Å². The van der Waals surface area contributed by atoms with Crippen molar-refractivity contribution in [3.63, 3.8) is 0 Å². The number of hydrogen-bond acceptors (Lipinski definition) is 6. The van der Waals surface area contributed by atoms with Crippen molar-refractivity contribution in [2.24, 2.45) is 0 Å². The normalized spacial score (nSPS) is 9.46. The van der Waals surface area contributed by atoms with E-state index in [0.29, 0.717) is 0 Å². The van der Waals surface area contributed by atoms with Crippen LogP contribution in [0, 0.1) is 0 Å².